The smallest absolute Gasteiger partial charge is 0.255 e. The first-order valence-electron chi connectivity index (χ1n) is 10.7. The van der Waals surface area contributed by atoms with Crippen LogP contribution in [0.15, 0.2) is 41.6 Å². The average Bonchev–Trinajstić information content (AvgIpc) is 3.16. The van der Waals surface area contributed by atoms with E-state index in [2.05, 4.69) is 41.5 Å². The van der Waals surface area contributed by atoms with E-state index < -0.39 is 9.84 Å². The minimum absolute atomic E-state index is 0.137. The number of hydrogen-bond acceptors (Lipinski definition) is 6. The van der Waals surface area contributed by atoms with Crippen LogP contribution in [0.1, 0.15) is 56.6 Å². The van der Waals surface area contributed by atoms with Crippen LogP contribution in [0.3, 0.4) is 0 Å². The fraction of sp³-hybridized carbons (Fsp3) is 0.435. The lowest BCUT2D eigenvalue weighted by atomic mass is 10.0. The summed E-state index contributed by atoms with van der Waals surface area (Å²) in [5.41, 5.74) is 2.70. The average molecular weight is 458 g/mol. The summed E-state index contributed by atoms with van der Waals surface area (Å²) in [6.45, 7) is 10.9. The van der Waals surface area contributed by atoms with Gasteiger partial charge in [-0.2, -0.15) is 5.10 Å². The molecule has 1 unspecified atom stereocenters. The molecule has 3 aromatic rings. The molecule has 2 aromatic heterocycles. The number of rotatable bonds is 8. The first kappa shape index (κ1) is 23.7. The van der Waals surface area contributed by atoms with Crippen LogP contribution in [-0.2, 0) is 16.4 Å². The SMILES string of the molecule is CCn1ncc2c(N[C@@H](C)C(C)C)c(C(=O)NC(C)c3ccc(S(C)(=O)=O)cc3)cnc21. The molecule has 9 heteroatoms. The lowest BCUT2D eigenvalue weighted by Gasteiger charge is -2.22. The molecule has 0 aliphatic heterocycles. The van der Waals surface area contributed by atoms with Crippen LogP contribution in [0, 0.1) is 5.92 Å². The van der Waals surface area contributed by atoms with Crippen LogP contribution >= 0.6 is 0 Å². The van der Waals surface area contributed by atoms with E-state index in [9.17, 15) is 13.2 Å². The van der Waals surface area contributed by atoms with Crippen molar-refractivity contribution in [1.82, 2.24) is 20.1 Å². The quantitative estimate of drug-likeness (QED) is 0.533. The number of sulfone groups is 1. The minimum atomic E-state index is -3.27. The molecule has 8 nitrogen and oxygen atoms in total. The van der Waals surface area contributed by atoms with Crippen molar-refractivity contribution in [2.45, 2.75) is 58.1 Å². The van der Waals surface area contributed by atoms with Gasteiger partial charge in [-0.05, 0) is 44.4 Å². The minimum Gasteiger partial charge on any atom is -0.381 e. The molecule has 0 saturated heterocycles. The number of benzene rings is 1. The van der Waals surface area contributed by atoms with E-state index in [1.807, 2.05) is 13.8 Å². The summed E-state index contributed by atoms with van der Waals surface area (Å²) >= 11 is 0. The summed E-state index contributed by atoms with van der Waals surface area (Å²) in [5.74, 6) is 0.101. The zero-order chi connectivity index (χ0) is 23.6. The Balaban J connectivity index is 1.92. The molecule has 1 aromatic carbocycles. The van der Waals surface area contributed by atoms with E-state index in [1.54, 1.807) is 41.3 Å². The summed E-state index contributed by atoms with van der Waals surface area (Å²) < 4.78 is 25.2. The third-order valence-electron chi connectivity index (χ3n) is 5.74. The highest BCUT2D eigenvalue weighted by Crippen LogP contribution is 2.28. The lowest BCUT2D eigenvalue weighted by molar-refractivity contribution is 0.0940. The molecule has 0 radical (unpaired) electrons. The molecule has 0 fully saturated rings. The number of nitrogens with zero attached hydrogens (tertiary/aromatic N) is 3. The zero-order valence-electron chi connectivity index (χ0n) is 19.4. The highest BCUT2D eigenvalue weighted by molar-refractivity contribution is 7.90. The Kier molecular flexibility index (Phi) is 6.88. The maximum Gasteiger partial charge on any atom is 0.255 e. The van der Waals surface area contributed by atoms with Gasteiger partial charge in [-0.25, -0.2) is 18.1 Å². The van der Waals surface area contributed by atoms with Crippen LogP contribution in [0.5, 0.6) is 0 Å². The highest BCUT2D eigenvalue weighted by Gasteiger charge is 2.22. The summed E-state index contributed by atoms with van der Waals surface area (Å²) in [5, 5.41) is 11.7. The van der Waals surface area contributed by atoms with Gasteiger partial charge in [0.15, 0.2) is 15.5 Å². The van der Waals surface area contributed by atoms with Gasteiger partial charge in [0.25, 0.3) is 5.91 Å². The molecule has 1 amide bonds. The van der Waals surface area contributed by atoms with Crippen molar-refractivity contribution in [2.24, 2.45) is 5.92 Å². The van der Waals surface area contributed by atoms with Gasteiger partial charge in [0.2, 0.25) is 0 Å². The molecule has 172 valence electrons. The van der Waals surface area contributed by atoms with Crippen LogP contribution in [0.25, 0.3) is 11.0 Å². The maximum absolute atomic E-state index is 13.2. The van der Waals surface area contributed by atoms with Gasteiger partial charge in [0.1, 0.15) is 0 Å². The molecular formula is C23H31N5O3S. The number of carbonyl (C=O) groups is 1. The molecular weight excluding hydrogens is 426 g/mol. The van der Waals surface area contributed by atoms with E-state index in [0.717, 1.165) is 16.6 Å². The largest absolute Gasteiger partial charge is 0.381 e. The van der Waals surface area contributed by atoms with Crippen molar-refractivity contribution in [3.8, 4) is 0 Å². The molecule has 0 saturated carbocycles. The highest BCUT2D eigenvalue weighted by atomic mass is 32.2. The third kappa shape index (κ3) is 4.93. The predicted molar refractivity (Wildman–Crippen MR) is 127 cm³/mol. The Morgan fingerprint density at radius 1 is 1.09 bits per heavy atom. The monoisotopic (exact) mass is 457 g/mol. The first-order valence-corrected chi connectivity index (χ1v) is 12.6. The fourth-order valence-corrected chi connectivity index (χ4v) is 3.97. The third-order valence-corrected chi connectivity index (χ3v) is 6.87. The normalized spacial score (nSPS) is 13.8. The molecule has 0 aliphatic rings. The predicted octanol–water partition coefficient (Wildman–Crippen LogP) is 3.80. The second-order valence-corrected chi connectivity index (χ2v) is 10.5. The standard InChI is InChI=1S/C23H31N5O3S/c1-7-28-22-19(13-25-28)21(26-15(4)14(2)3)20(12-24-22)23(29)27-16(5)17-8-10-18(11-9-17)32(6,30)31/h8-16H,7H2,1-6H3,(H,24,26)(H,27,29)/t15-,16?/m0/s1. The van der Waals surface area contributed by atoms with Crippen LogP contribution in [0.2, 0.25) is 0 Å². The molecule has 2 N–H and O–H groups in total. The maximum atomic E-state index is 13.2. The van der Waals surface area contributed by atoms with Crippen LogP contribution < -0.4 is 10.6 Å². The summed E-state index contributed by atoms with van der Waals surface area (Å²) in [7, 11) is -3.27. The second-order valence-electron chi connectivity index (χ2n) is 8.46. The molecule has 0 aliphatic carbocycles. The van der Waals surface area contributed by atoms with Crippen molar-refractivity contribution in [2.75, 3.05) is 11.6 Å². The fourth-order valence-electron chi connectivity index (χ4n) is 3.34. The topological polar surface area (TPSA) is 106 Å². The van der Waals surface area contributed by atoms with Gasteiger partial charge >= 0.3 is 0 Å². The second kappa shape index (κ2) is 9.28. The number of aryl methyl sites for hydroxylation is 1. The van der Waals surface area contributed by atoms with Crippen molar-refractivity contribution >= 4 is 32.5 Å². The van der Waals surface area contributed by atoms with Crippen molar-refractivity contribution in [3.05, 3.63) is 47.8 Å². The number of anilines is 1. The molecule has 0 bridgehead atoms. The van der Waals surface area contributed by atoms with Crippen molar-refractivity contribution in [1.29, 1.82) is 0 Å². The Hall–Kier alpha value is -2.94. The van der Waals surface area contributed by atoms with Gasteiger partial charge in [0.05, 0.1) is 33.8 Å². The summed E-state index contributed by atoms with van der Waals surface area (Å²) in [4.78, 5) is 18.0. The number of pyridine rings is 1. The number of nitrogens with one attached hydrogen (secondary N) is 2. The Morgan fingerprint density at radius 2 is 1.75 bits per heavy atom. The Morgan fingerprint density at radius 3 is 2.31 bits per heavy atom. The van der Waals surface area contributed by atoms with Gasteiger partial charge < -0.3 is 10.6 Å². The van der Waals surface area contributed by atoms with E-state index in [0.29, 0.717) is 23.7 Å². The number of fused-ring (bicyclic) bond motifs is 1. The van der Waals surface area contributed by atoms with Crippen LogP contribution in [0.4, 0.5) is 5.69 Å². The van der Waals surface area contributed by atoms with Gasteiger partial charge in [-0.15, -0.1) is 0 Å². The molecule has 2 atom stereocenters. The molecule has 2 heterocycles. The number of amides is 1. The van der Waals surface area contributed by atoms with Crippen molar-refractivity contribution in [3.63, 3.8) is 0 Å². The van der Waals surface area contributed by atoms with Crippen molar-refractivity contribution < 1.29 is 13.2 Å². The van der Waals surface area contributed by atoms with Gasteiger partial charge in [-0.3, -0.25) is 4.79 Å². The number of carbonyl (C=O) groups excluding carboxylic acids is 1. The van der Waals surface area contributed by atoms with Crippen LogP contribution in [-0.4, -0.2) is 41.4 Å². The van der Waals surface area contributed by atoms with E-state index >= 15 is 0 Å². The van der Waals surface area contributed by atoms with E-state index in [4.69, 9.17) is 0 Å². The molecule has 32 heavy (non-hydrogen) atoms. The number of hydrogen-bond donors (Lipinski definition) is 2. The summed E-state index contributed by atoms with van der Waals surface area (Å²) in [6.07, 6.45) is 4.50. The van der Waals surface area contributed by atoms with E-state index in [-0.39, 0.29) is 22.9 Å². The zero-order valence-corrected chi connectivity index (χ0v) is 20.2. The van der Waals surface area contributed by atoms with E-state index in [1.165, 1.54) is 6.26 Å². The van der Waals surface area contributed by atoms with Gasteiger partial charge in [0, 0.05) is 25.0 Å². The molecule has 3 rings (SSSR count). The molecule has 0 spiro atoms. The Bertz CT molecular complexity index is 1220. The van der Waals surface area contributed by atoms with Gasteiger partial charge in [-0.1, -0.05) is 26.0 Å². The Labute approximate surface area is 189 Å². The summed E-state index contributed by atoms with van der Waals surface area (Å²) in [6, 6.07) is 6.36. The first-order chi connectivity index (χ1) is 15.0. The lowest BCUT2D eigenvalue weighted by Crippen LogP contribution is -2.29. The number of aromatic nitrogens is 3.